The summed E-state index contributed by atoms with van der Waals surface area (Å²) in [6, 6.07) is -3.22. The van der Waals surface area contributed by atoms with Gasteiger partial charge in [0.2, 0.25) is 23.6 Å². The molecule has 0 radical (unpaired) electrons. The summed E-state index contributed by atoms with van der Waals surface area (Å²) >= 11 is 0. The van der Waals surface area contributed by atoms with Crippen molar-refractivity contribution in [2.75, 3.05) is 6.54 Å². The molecule has 0 aromatic carbocycles. The lowest BCUT2D eigenvalue weighted by Crippen LogP contribution is -2.56. The average molecular weight is 372 g/mol. The Kier molecular flexibility index (Phi) is 10.1. The smallest absolute Gasteiger partial charge is 0.325 e. The first-order valence-electron chi connectivity index (χ1n) is 8.36. The third-order valence-corrected chi connectivity index (χ3v) is 3.71. The van der Waals surface area contributed by atoms with E-state index in [4.69, 9.17) is 10.8 Å². The van der Waals surface area contributed by atoms with Crippen LogP contribution in [-0.4, -0.2) is 64.3 Å². The Morgan fingerprint density at radius 2 is 1.42 bits per heavy atom. The van der Waals surface area contributed by atoms with E-state index < -0.39 is 47.7 Å². The van der Waals surface area contributed by atoms with E-state index in [-0.39, 0.29) is 6.42 Å². The number of carboxylic acids is 1. The predicted molar refractivity (Wildman–Crippen MR) is 92.7 cm³/mol. The van der Waals surface area contributed by atoms with Crippen LogP contribution in [0.15, 0.2) is 0 Å². The number of nitrogens with zero attached hydrogens (tertiary/aromatic N) is 1. The second-order valence-electron chi connectivity index (χ2n) is 6.01. The minimum absolute atomic E-state index is 0.210. The van der Waals surface area contributed by atoms with Crippen LogP contribution in [0.3, 0.4) is 0 Å². The SMILES string of the molecule is CC(=O)N(C(C)=O)[C@@H](CCCCN)C(=O)N[C@H](C)C(=O)N[C@@H](C)C(=O)O. The minimum atomic E-state index is -1.21. The molecule has 4 amide bonds. The zero-order chi connectivity index (χ0) is 20.4. The number of rotatable bonds is 10. The number of carboxylic acid groups (broad SMARTS) is 1. The van der Waals surface area contributed by atoms with Crippen LogP contribution in [-0.2, 0) is 24.0 Å². The van der Waals surface area contributed by atoms with Gasteiger partial charge >= 0.3 is 5.97 Å². The van der Waals surface area contributed by atoms with Gasteiger partial charge in [-0.1, -0.05) is 0 Å². The van der Waals surface area contributed by atoms with Gasteiger partial charge in [0.1, 0.15) is 18.1 Å². The highest BCUT2D eigenvalue weighted by Crippen LogP contribution is 2.11. The molecular weight excluding hydrogens is 344 g/mol. The molecule has 10 nitrogen and oxygen atoms in total. The van der Waals surface area contributed by atoms with Crippen LogP contribution in [0.5, 0.6) is 0 Å². The Balaban J connectivity index is 5.15. The highest BCUT2D eigenvalue weighted by molar-refractivity contribution is 5.99. The summed E-state index contributed by atoms with van der Waals surface area (Å²) in [5.41, 5.74) is 5.43. The highest BCUT2D eigenvalue weighted by Gasteiger charge is 2.32. The Bertz CT molecular complexity index is 537. The molecule has 0 saturated carbocycles. The molecule has 10 heteroatoms. The van der Waals surface area contributed by atoms with Crippen molar-refractivity contribution in [2.24, 2.45) is 5.73 Å². The fourth-order valence-electron chi connectivity index (χ4n) is 2.30. The largest absolute Gasteiger partial charge is 0.480 e. The van der Waals surface area contributed by atoms with E-state index in [2.05, 4.69) is 10.6 Å². The van der Waals surface area contributed by atoms with Gasteiger partial charge in [-0.2, -0.15) is 0 Å². The maximum absolute atomic E-state index is 12.5. The van der Waals surface area contributed by atoms with Gasteiger partial charge < -0.3 is 21.5 Å². The van der Waals surface area contributed by atoms with E-state index in [9.17, 15) is 24.0 Å². The molecule has 26 heavy (non-hydrogen) atoms. The summed E-state index contributed by atoms with van der Waals surface area (Å²) in [6.45, 7) is 5.42. The minimum Gasteiger partial charge on any atom is -0.480 e. The molecule has 0 rings (SSSR count). The number of aliphatic carboxylic acids is 1. The molecular formula is C16H28N4O6. The zero-order valence-electron chi connectivity index (χ0n) is 15.6. The van der Waals surface area contributed by atoms with Gasteiger partial charge in [-0.05, 0) is 39.7 Å². The summed E-state index contributed by atoms with van der Waals surface area (Å²) < 4.78 is 0. The zero-order valence-corrected chi connectivity index (χ0v) is 15.6. The fourth-order valence-corrected chi connectivity index (χ4v) is 2.30. The molecule has 0 aliphatic carbocycles. The van der Waals surface area contributed by atoms with Crippen molar-refractivity contribution in [1.29, 1.82) is 0 Å². The van der Waals surface area contributed by atoms with Crippen molar-refractivity contribution >= 4 is 29.6 Å². The van der Waals surface area contributed by atoms with Crippen LogP contribution in [0.2, 0.25) is 0 Å². The first kappa shape index (κ1) is 23.5. The number of carbonyl (C=O) groups excluding carboxylic acids is 4. The number of hydrogen-bond donors (Lipinski definition) is 4. The third kappa shape index (κ3) is 7.60. The maximum atomic E-state index is 12.5. The molecule has 0 unspecified atom stereocenters. The molecule has 0 spiro atoms. The van der Waals surface area contributed by atoms with Crippen molar-refractivity contribution < 1.29 is 29.1 Å². The molecule has 0 aliphatic rings. The molecule has 0 aromatic rings. The molecule has 0 aliphatic heterocycles. The van der Waals surface area contributed by atoms with Crippen LogP contribution in [0, 0.1) is 0 Å². The van der Waals surface area contributed by atoms with Crippen molar-refractivity contribution in [3.8, 4) is 0 Å². The quantitative estimate of drug-likeness (QED) is 0.357. The number of unbranched alkanes of at least 4 members (excludes halogenated alkanes) is 1. The van der Waals surface area contributed by atoms with Gasteiger partial charge in [-0.25, -0.2) is 0 Å². The number of carbonyl (C=O) groups is 5. The van der Waals surface area contributed by atoms with Crippen molar-refractivity contribution in [3.05, 3.63) is 0 Å². The lowest BCUT2D eigenvalue weighted by atomic mass is 10.1. The Labute approximate surface area is 152 Å². The van der Waals surface area contributed by atoms with E-state index in [0.717, 1.165) is 4.90 Å². The van der Waals surface area contributed by atoms with E-state index in [0.29, 0.717) is 19.4 Å². The standard InChI is InChI=1S/C16H28N4O6/c1-9(14(23)19-10(2)16(25)26)18-15(24)13(7-5-6-8-17)20(11(3)21)12(4)22/h9-10,13H,5-8,17H2,1-4H3,(H,18,24)(H,19,23)(H,25,26)/t9-,10+,13+/m1/s1. The Morgan fingerprint density at radius 3 is 1.85 bits per heavy atom. The topological polar surface area (TPSA) is 159 Å². The molecule has 0 heterocycles. The van der Waals surface area contributed by atoms with Gasteiger partial charge in [-0.3, -0.25) is 28.9 Å². The molecule has 0 saturated heterocycles. The normalized spacial score (nSPS) is 13.9. The third-order valence-electron chi connectivity index (χ3n) is 3.71. The molecule has 0 aromatic heterocycles. The van der Waals surface area contributed by atoms with Crippen molar-refractivity contribution in [1.82, 2.24) is 15.5 Å². The molecule has 0 fully saturated rings. The monoisotopic (exact) mass is 372 g/mol. The summed E-state index contributed by atoms with van der Waals surface area (Å²) in [4.78, 5) is 59.6. The number of nitrogens with two attached hydrogens (primary N) is 1. The van der Waals surface area contributed by atoms with Crippen LogP contribution < -0.4 is 16.4 Å². The number of imide groups is 1. The Morgan fingerprint density at radius 1 is 0.923 bits per heavy atom. The number of hydrogen-bond acceptors (Lipinski definition) is 6. The van der Waals surface area contributed by atoms with Crippen LogP contribution in [0.1, 0.15) is 47.0 Å². The first-order valence-corrected chi connectivity index (χ1v) is 8.36. The average Bonchev–Trinajstić information content (AvgIpc) is 2.52. The fraction of sp³-hybridized carbons (Fsp3) is 0.688. The summed E-state index contributed by atoms with van der Waals surface area (Å²) in [5, 5.41) is 13.5. The number of nitrogens with one attached hydrogen (secondary N) is 2. The van der Waals surface area contributed by atoms with Crippen LogP contribution >= 0.6 is 0 Å². The van der Waals surface area contributed by atoms with Gasteiger partial charge in [0.15, 0.2) is 0 Å². The molecule has 3 atom stereocenters. The number of amides is 4. The lowest BCUT2D eigenvalue weighted by molar-refractivity contribution is -0.150. The summed E-state index contributed by atoms with van der Waals surface area (Å²) in [5.74, 6) is -3.73. The van der Waals surface area contributed by atoms with Crippen molar-refractivity contribution in [3.63, 3.8) is 0 Å². The molecule has 5 N–H and O–H groups in total. The van der Waals surface area contributed by atoms with Gasteiger partial charge in [0.25, 0.3) is 0 Å². The summed E-state index contributed by atoms with van der Waals surface area (Å²) in [7, 11) is 0. The van der Waals surface area contributed by atoms with Crippen molar-refractivity contribution in [2.45, 2.75) is 65.1 Å². The van der Waals surface area contributed by atoms with Gasteiger partial charge in [-0.15, -0.1) is 0 Å². The van der Waals surface area contributed by atoms with E-state index in [1.165, 1.54) is 27.7 Å². The predicted octanol–water partition coefficient (Wildman–Crippen LogP) is -1.03. The second kappa shape index (κ2) is 11.2. The maximum Gasteiger partial charge on any atom is 0.325 e. The van der Waals surface area contributed by atoms with Gasteiger partial charge in [0, 0.05) is 13.8 Å². The second-order valence-corrected chi connectivity index (χ2v) is 6.01. The van der Waals surface area contributed by atoms with Gasteiger partial charge in [0.05, 0.1) is 0 Å². The van der Waals surface area contributed by atoms with Crippen LogP contribution in [0.4, 0.5) is 0 Å². The van der Waals surface area contributed by atoms with E-state index in [1.807, 2.05) is 0 Å². The molecule has 148 valence electrons. The first-order chi connectivity index (χ1) is 12.0. The van der Waals surface area contributed by atoms with Crippen LogP contribution in [0.25, 0.3) is 0 Å². The lowest BCUT2D eigenvalue weighted by Gasteiger charge is -2.28. The Hall–Kier alpha value is -2.49. The molecule has 0 bridgehead atoms. The highest BCUT2D eigenvalue weighted by atomic mass is 16.4. The summed E-state index contributed by atoms with van der Waals surface area (Å²) in [6.07, 6.45) is 1.34. The van der Waals surface area contributed by atoms with E-state index in [1.54, 1.807) is 0 Å². The van der Waals surface area contributed by atoms with E-state index >= 15 is 0 Å².